The molecule has 1 fully saturated rings. The van der Waals surface area contributed by atoms with Crippen molar-refractivity contribution in [1.82, 2.24) is 36.8 Å². The SMILES string of the molecule is CC(C)C[C@H](NC(=O)CNC(=O)CNC(=O)[C@@H]1CCCN1C(=O)CN)C(=O)N[C@@H](C)C(=O)NCC(=O)N[C@@H](C)C(=O)O. The maximum atomic E-state index is 12.8. The molecule has 1 saturated heterocycles. The molecule has 0 saturated carbocycles. The van der Waals surface area contributed by atoms with Crippen LogP contribution in [0.25, 0.3) is 0 Å². The maximum Gasteiger partial charge on any atom is 0.325 e. The van der Waals surface area contributed by atoms with Crippen LogP contribution >= 0.6 is 0 Å². The van der Waals surface area contributed by atoms with Crippen molar-refractivity contribution in [3.05, 3.63) is 0 Å². The number of hydrogen-bond acceptors (Lipinski definition) is 9. The van der Waals surface area contributed by atoms with E-state index in [4.69, 9.17) is 10.8 Å². The van der Waals surface area contributed by atoms with E-state index >= 15 is 0 Å². The summed E-state index contributed by atoms with van der Waals surface area (Å²) in [5.74, 6) is -5.60. The molecule has 1 rings (SSSR count). The van der Waals surface area contributed by atoms with Gasteiger partial charge in [-0.3, -0.25) is 38.4 Å². The van der Waals surface area contributed by atoms with Crippen LogP contribution in [0.4, 0.5) is 0 Å². The van der Waals surface area contributed by atoms with Crippen LogP contribution in [0.1, 0.15) is 47.0 Å². The van der Waals surface area contributed by atoms with E-state index in [2.05, 4.69) is 31.9 Å². The molecule has 0 aromatic heterocycles. The van der Waals surface area contributed by atoms with Gasteiger partial charge in [0.2, 0.25) is 41.4 Å². The van der Waals surface area contributed by atoms with Gasteiger partial charge >= 0.3 is 5.97 Å². The molecule has 0 aliphatic carbocycles. The Kier molecular flexibility index (Phi) is 14.9. The lowest BCUT2D eigenvalue weighted by molar-refractivity contribution is -0.141. The molecule has 4 atom stereocenters. The number of nitrogens with two attached hydrogens (primary N) is 1. The minimum absolute atomic E-state index is 0.0313. The van der Waals surface area contributed by atoms with Gasteiger partial charge in [0.25, 0.3) is 0 Å². The second-order valence-corrected chi connectivity index (χ2v) is 10.3. The molecule has 1 heterocycles. The van der Waals surface area contributed by atoms with Gasteiger partial charge in [-0.15, -0.1) is 0 Å². The number of hydrogen-bond donors (Lipinski definition) is 8. The monoisotopic (exact) mass is 598 g/mol. The number of rotatable bonds is 16. The Balaban J connectivity index is 2.53. The first-order valence-electron chi connectivity index (χ1n) is 13.6. The number of carboxylic acids is 1. The second-order valence-electron chi connectivity index (χ2n) is 10.3. The Morgan fingerprint density at radius 1 is 0.786 bits per heavy atom. The fourth-order valence-electron chi connectivity index (χ4n) is 3.98. The van der Waals surface area contributed by atoms with Gasteiger partial charge in [0.1, 0.15) is 24.2 Å². The maximum absolute atomic E-state index is 12.8. The van der Waals surface area contributed by atoms with E-state index in [-0.39, 0.29) is 24.8 Å². The number of carbonyl (C=O) groups is 8. The normalized spacial score (nSPS) is 16.4. The lowest BCUT2D eigenvalue weighted by atomic mass is 10.0. The van der Waals surface area contributed by atoms with Crippen LogP contribution in [0.3, 0.4) is 0 Å². The zero-order chi connectivity index (χ0) is 32.0. The summed E-state index contributed by atoms with van der Waals surface area (Å²) in [6.45, 7) is 5.01. The van der Waals surface area contributed by atoms with Gasteiger partial charge in [0.05, 0.1) is 26.2 Å². The molecular weight excluding hydrogens is 556 g/mol. The lowest BCUT2D eigenvalue weighted by Gasteiger charge is -2.23. The molecule has 0 radical (unpaired) electrons. The lowest BCUT2D eigenvalue weighted by Crippen LogP contribution is -2.55. The van der Waals surface area contributed by atoms with Crippen LogP contribution in [0.2, 0.25) is 0 Å². The molecule has 0 unspecified atom stereocenters. The van der Waals surface area contributed by atoms with Crippen molar-refractivity contribution >= 4 is 47.3 Å². The van der Waals surface area contributed by atoms with Crippen molar-refractivity contribution in [1.29, 1.82) is 0 Å². The topological polar surface area (TPSA) is 258 Å². The Morgan fingerprint density at radius 2 is 1.38 bits per heavy atom. The number of nitrogens with one attached hydrogen (secondary N) is 6. The minimum atomic E-state index is -1.24. The molecule has 236 valence electrons. The van der Waals surface area contributed by atoms with Gasteiger partial charge in [-0.25, -0.2) is 0 Å². The van der Waals surface area contributed by atoms with Crippen molar-refractivity contribution < 1.29 is 43.5 Å². The van der Waals surface area contributed by atoms with Crippen molar-refractivity contribution in [2.24, 2.45) is 11.7 Å². The van der Waals surface area contributed by atoms with Crippen LogP contribution in [-0.4, -0.2) is 114 Å². The Bertz CT molecular complexity index is 1040. The number of carboxylic acid groups (broad SMARTS) is 1. The van der Waals surface area contributed by atoms with E-state index in [9.17, 15) is 38.4 Å². The Morgan fingerprint density at radius 3 is 1.98 bits per heavy atom. The van der Waals surface area contributed by atoms with E-state index in [1.165, 1.54) is 18.7 Å². The highest BCUT2D eigenvalue weighted by Crippen LogP contribution is 2.17. The third-order valence-corrected chi connectivity index (χ3v) is 6.20. The van der Waals surface area contributed by atoms with E-state index in [1.807, 2.05) is 13.8 Å². The first-order valence-corrected chi connectivity index (χ1v) is 13.6. The van der Waals surface area contributed by atoms with Gasteiger partial charge in [-0.05, 0) is 39.0 Å². The fraction of sp³-hybridized carbons (Fsp3) is 0.680. The van der Waals surface area contributed by atoms with Gasteiger partial charge in [-0.1, -0.05) is 13.8 Å². The standard InChI is InChI=1S/C25H42N8O9/c1-13(2)8-16(23(39)31-14(3)22(38)28-12-19(35)30-15(4)25(41)42)32-20(36)11-27-18(34)10-29-24(40)17-6-5-7-33(17)21(37)9-26/h13-17H,5-12,26H2,1-4H3,(H,27,34)(H,28,38)(H,29,40)(H,30,35)(H,31,39)(H,32,36)(H,41,42)/t14-,15-,16-,17-/m0/s1. The molecule has 0 bridgehead atoms. The predicted molar refractivity (Wildman–Crippen MR) is 147 cm³/mol. The number of aliphatic carboxylic acids is 1. The highest BCUT2D eigenvalue weighted by molar-refractivity contribution is 5.95. The molecular formula is C25H42N8O9. The molecule has 0 aromatic rings. The Hall–Kier alpha value is -4.28. The summed E-state index contributed by atoms with van der Waals surface area (Å²) in [7, 11) is 0. The van der Waals surface area contributed by atoms with E-state index in [0.717, 1.165) is 0 Å². The molecule has 1 aliphatic heterocycles. The number of likely N-dealkylation sites (tertiary alicyclic amines) is 1. The number of nitrogens with zero attached hydrogens (tertiary/aromatic N) is 1. The first-order chi connectivity index (χ1) is 19.7. The largest absolute Gasteiger partial charge is 0.480 e. The molecule has 0 spiro atoms. The molecule has 0 aromatic carbocycles. The quantitative estimate of drug-likeness (QED) is 0.0852. The van der Waals surface area contributed by atoms with Gasteiger partial charge in [0.15, 0.2) is 0 Å². The van der Waals surface area contributed by atoms with Gasteiger partial charge in [-0.2, -0.15) is 0 Å². The van der Waals surface area contributed by atoms with Crippen molar-refractivity contribution in [3.63, 3.8) is 0 Å². The van der Waals surface area contributed by atoms with Crippen molar-refractivity contribution in [3.8, 4) is 0 Å². The Labute approximate surface area is 243 Å². The summed E-state index contributed by atoms with van der Waals surface area (Å²) >= 11 is 0. The van der Waals surface area contributed by atoms with E-state index in [1.54, 1.807) is 0 Å². The fourth-order valence-corrected chi connectivity index (χ4v) is 3.98. The van der Waals surface area contributed by atoms with Gasteiger partial charge in [0, 0.05) is 6.54 Å². The third-order valence-electron chi connectivity index (χ3n) is 6.20. The zero-order valence-electron chi connectivity index (χ0n) is 24.3. The third kappa shape index (κ3) is 12.5. The molecule has 17 nitrogen and oxygen atoms in total. The van der Waals surface area contributed by atoms with Crippen molar-refractivity contribution in [2.75, 3.05) is 32.7 Å². The average Bonchev–Trinajstić information content (AvgIpc) is 3.42. The minimum Gasteiger partial charge on any atom is -0.480 e. The van der Waals surface area contributed by atoms with Crippen LogP contribution in [0.5, 0.6) is 0 Å². The number of amides is 7. The van der Waals surface area contributed by atoms with Crippen LogP contribution in [0.15, 0.2) is 0 Å². The first kappa shape index (κ1) is 35.7. The average molecular weight is 599 g/mol. The molecule has 1 aliphatic rings. The van der Waals surface area contributed by atoms with Crippen LogP contribution in [0, 0.1) is 5.92 Å². The highest BCUT2D eigenvalue weighted by Gasteiger charge is 2.33. The molecule has 9 N–H and O–H groups in total. The molecule has 17 heteroatoms. The molecule has 42 heavy (non-hydrogen) atoms. The van der Waals surface area contributed by atoms with Crippen LogP contribution < -0.4 is 37.6 Å². The zero-order valence-corrected chi connectivity index (χ0v) is 24.3. The summed E-state index contributed by atoms with van der Waals surface area (Å²) in [5, 5.41) is 23.0. The van der Waals surface area contributed by atoms with E-state index in [0.29, 0.717) is 19.4 Å². The smallest absolute Gasteiger partial charge is 0.325 e. The second kappa shape index (κ2) is 17.5. The highest BCUT2D eigenvalue weighted by atomic mass is 16.4. The summed E-state index contributed by atoms with van der Waals surface area (Å²) in [5.41, 5.74) is 5.37. The van der Waals surface area contributed by atoms with Crippen molar-refractivity contribution in [2.45, 2.75) is 71.1 Å². The summed E-state index contributed by atoms with van der Waals surface area (Å²) < 4.78 is 0. The van der Waals surface area contributed by atoms with Gasteiger partial charge < -0.3 is 47.6 Å². The predicted octanol–water partition coefficient (Wildman–Crippen LogP) is -4.09. The molecule has 7 amide bonds. The summed E-state index contributed by atoms with van der Waals surface area (Å²) in [4.78, 5) is 97.9. The van der Waals surface area contributed by atoms with Crippen LogP contribution in [-0.2, 0) is 38.4 Å². The van der Waals surface area contributed by atoms with E-state index < -0.39 is 85.2 Å². The summed E-state index contributed by atoms with van der Waals surface area (Å²) in [6.07, 6.45) is 1.29. The summed E-state index contributed by atoms with van der Waals surface area (Å²) in [6, 6.07) is -3.99. The number of carbonyl (C=O) groups excluding carboxylic acids is 7.